The van der Waals surface area contributed by atoms with Crippen molar-refractivity contribution in [3.8, 4) is 5.95 Å². The van der Waals surface area contributed by atoms with E-state index < -0.39 is 18.2 Å². The summed E-state index contributed by atoms with van der Waals surface area (Å²) in [7, 11) is 0. The molecule has 0 bridgehead atoms. The summed E-state index contributed by atoms with van der Waals surface area (Å²) in [5, 5.41) is 8.61. The molecule has 1 N–H and O–H groups in total. The molecule has 0 aliphatic heterocycles. The third-order valence-electron chi connectivity index (χ3n) is 4.91. The van der Waals surface area contributed by atoms with Crippen LogP contribution in [0.3, 0.4) is 0 Å². The molecule has 1 aromatic rings. The normalized spacial score (nSPS) is 10.9. The summed E-state index contributed by atoms with van der Waals surface area (Å²) in [6, 6.07) is 3.03. The van der Waals surface area contributed by atoms with Crippen molar-refractivity contribution >= 4 is 11.8 Å². The second-order valence-corrected chi connectivity index (χ2v) is 7.56. The maximum atomic E-state index is 11.6. The summed E-state index contributed by atoms with van der Waals surface area (Å²) >= 11 is 0. The molecule has 0 amide bonds. The van der Waals surface area contributed by atoms with Gasteiger partial charge >= 0.3 is 5.97 Å². The fraction of sp³-hybridized carbons (Fsp3) is 0.739. The van der Waals surface area contributed by atoms with Crippen LogP contribution in [-0.4, -0.2) is 23.5 Å². The summed E-state index contributed by atoms with van der Waals surface area (Å²) in [4.78, 5) is 22.1. The number of carbonyl (C=O) groups is 2. The van der Waals surface area contributed by atoms with Gasteiger partial charge < -0.3 is 14.3 Å². The van der Waals surface area contributed by atoms with Gasteiger partial charge in [0.15, 0.2) is 5.76 Å². The Bertz CT molecular complexity index is 535. The first-order chi connectivity index (χ1) is 13.6. The highest BCUT2D eigenvalue weighted by Gasteiger charge is 2.15. The molecular formula is C23H38O5. The maximum Gasteiger partial charge on any atom is 0.311 e. The van der Waals surface area contributed by atoms with E-state index in [0.717, 1.165) is 12.8 Å². The molecule has 0 fully saturated rings. The minimum Gasteiger partial charge on any atom is -0.481 e. The zero-order chi connectivity index (χ0) is 20.5. The highest BCUT2D eigenvalue weighted by atomic mass is 16.6. The standard InChI is InChI=1S/C23H38O5/c1-2-3-4-5-6-7-8-9-10-11-12-13-14-15-18-27-23-17-16-21(28-23)20(24)19-22(25)26/h16-17H,2-15,18-19H2,1H3,(H,25,26). The van der Waals surface area contributed by atoms with E-state index in [1.54, 1.807) is 6.07 Å². The summed E-state index contributed by atoms with van der Waals surface area (Å²) in [5.74, 6) is -1.38. The third kappa shape index (κ3) is 12.6. The molecule has 0 saturated carbocycles. The molecule has 0 aromatic carbocycles. The lowest BCUT2D eigenvalue weighted by Gasteiger charge is -2.04. The van der Waals surface area contributed by atoms with Gasteiger partial charge in [-0.25, -0.2) is 0 Å². The Morgan fingerprint density at radius 3 is 1.82 bits per heavy atom. The van der Waals surface area contributed by atoms with Crippen molar-refractivity contribution in [2.75, 3.05) is 6.61 Å². The molecule has 160 valence electrons. The second kappa shape index (κ2) is 16.2. The Hall–Kier alpha value is -1.78. The van der Waals surface area contributed by atoms with Gasteiger partial charge in [0.25, 0.3) is 5.95 Å². The predicted octanol–water partition coefficient (Wildman–Crippen LogP) is 6.80. The quantitative estimate of drug-likeness (QED) is 0.159. The highest BCUT2D eigenvalue weighted by Crippen LogP contribution is 2.18. The third-order valence-corrected chi connectivity index (χ3v) is 4.91. The van der Waals surface area contributed by atoms with Gasteiger partial charge in [-0.2, -0.15) is 0 Å². The van der Waals surface area contributed by atoms with Crippen LogP contribution in [0.15, 0.2) is 16.5 Å². The lowest BCUT2D eigenvalue weighted by atomic mass is 10.0. The number of carboxylic acid groups (broad SMARTS) is 1. The number of ketones is 1. The minimum atomic E-state index is -1.16. The number of carbonyl (C=O) groups excluding carboxylic acids is 1. The number of rotatable bonds is 19. The van der Waals surface area contributed by atoms with Crippen LogP contribution in [0.4, 0.5) is 0 Å². The Morgan fingerprint density at radius 2 is 1.32 bits per heavy atom. The van der Waals surface area contributed by atoms with Gasteiger partial charge in [0.1, 0.15) is 6.42 Å². The largest absolute Gasteiger partial charge is 0.481 e. The Morgan fingerprint density at radius 1 is 0.821 bits per heavy atom. The highest BCUT2D eigenvalue weighted by molar-refractivity contribution is 6.03. The van der Waals surface area contributed by atoms with Crippen LogP contribution in [-0.2, 0) is 4.79 Å². The summed E-state index contributed by atoms with van der Waals surface area (Å²) in [5.41, 5.74) is 0. The molecular weight excluding hydrogens is 356 g/mol. The fourth-order valence-electron chi connectivity index (χ4n) is 3.24. The molecule has 0 aliphatic rings. The van der Waals surface area contributed by atoms with Gasteiger partial charge in [-0.05, 0) is 12.5 Å². The van der Waals surface area contributed by atoms with E-state index in [9.17, 15) is 9.59 Å². The number of hydrogen-bond donors (Lipinski definition) is 1. The van der Waals surface area contributed by atoms with Crippen molar-refractivity contribution < 1.29 is 23.8 Å². The van der Waals surface area contributed by atoms with E-state index in [-0.39, 0.29) is 11.7 Å². The van der Waals surface area contributed by atoms with Gasteiger partial charge in [-0.3, -0.25) is 9.59 Å². The predicted molar refractivity (Wildman–Crippen MR) is 111 cm³/mol. The first-order valence-electron chi connectivity index (χ1n) is 11.1. The molecule has 0 radical (unpaired) electrons. The lowest BCUT2D eigenvalue weighted by Crippen LogP contribution is -2.05. The van der Waals surface area contributed by atoms with E-state index >= 15 is 0 Å². The summed E-state index contributed by atoms with van der Waals surface area (Å²) < 4.78 is 10.7. The molecule has 1 heterocycles. The number of carboxylic acids is 1. The van der Waals surface area contributed by atoms with Gasteiger partial charge in [-0.15, -0.1) is 0 Å². The molecule has 1 aromatic heterocycles. The smallest absolute Gasteiger partial charge is 0.311 e. The molecule has 0 spiro atoms. The molecule has 1 rings (SSSR count). The Kier molecular flexibility index (Phi) is 14.0. The molecule has 0 saturated heterocycles. The molecule has 28 heavy (non-hydrogen) atoms. The van der Waals surface area contributed by atoms with E-state index in [1.165, 1.54) is 83.1 Å². The molecule has 5 heteroatoms. The first-order valence-corrected chi connectivity index (χ1v) is 11.1. The van der Waals surface area contributed by atoms with Gasteiger partial charge in [0.2, 0.25) is 5.78 Å². The second-order valence-electron chi connectivity index (χ2n) is 7.56. The lowest BCUT2D eigenvalue weighted by molar-refractivity contribution is -0.135. The fourth-order valence-corrected chi connectivity index (χ4v) is 3.24. The zero-order valence-corrected chi connectivity index (χ0v) is 17.5. The maximum absolute atomic E-state index is 11.6. The topological polar surface area (TPSA) is 76.7 Å². The van der Waals surface area contributed by atoms with Crippen molar-refractivity contribution in [1.82, 2.24) is 0 Å². The van der Waals surface area contributed by atoms with E-state index in [0.29, 0.717) is 6.61 Å². The summed E-state index contributed by atoms with van der Waals surface area (Å²) in [6.45, 7) is 2.81. The number of furan rings is 1. The van der Waals surface area contributed by atoms with E-state index in [1.807, 2.05) is 0 Å². The minimum absolute atomic E-state index is 0.0401. The average Bonchev–Trinajstić information content (AvgIpc) is 3.13. The molecule has 0 aliphatic carbocycles. The van der Waals surface area contributed by atoms with Gasteiger partial charge in [0.05, 0.1) is 6.61 Å². The number of unbranched alkanes of at least 4 members (excludes halogenated alkanes) is 13. The van der Waals surface area contributed by atoms with Crippen LogP contribution in [0.5, 0.6) is 5.95 Å². The van der Waals surface area contributed by atoms with Crippen LogP contribution in [0.2, 0.25) is 0 Å². The average molecular weight is 395 g/mol. The van der Waals surface area contributed by atoms with Crippen molar-refractivity contribution in [3.05, 3.63) is 17.9 Å². The van der Waals surface area contributed by atoms with Crippen LogP contribution >= 0.6 is 0 Å². The monoisotopic (exact) mass is 394 g/mol. The Balaban J connectivity index is 1.89. The number of hydrogen-bond acceptors (Lipinski definition) is 4. The number of aliphatic carboxylic acids is 1. The van der Waals surface area contributed by atoms with Crippen molar-refractivity contribution in [2.24, 2.45) is 0 Å². The summed E-state index contributed by atoms with van der Waals surface area (Å²) in [6.07, 6.45) is 17.8. The van der Waals surface area contributed by atoms with Crippen LogP contribution in [0.25, 0.3) is 0 Å². The molecule has 0 atom stereocenters. The first kappa shape index (κ1) is 24.3. The molecule has 5 nitrogen and oxygen atoms in total. The van der Waals surface area contributed by atoms with Crippen molar-refractivity contribution in [3.63, 3.8) is 0 Å². The van der Waals surface area contributed by atoms with Crippen molar-refractivity contribution in [2.45, 2.75) is 103 Å². The Labute approximate surface area is 169 Å². The number of Topliss-reactive ketones (excluding diaryl/α,β-unsaturated/α-hetero) is 1. The molecule has 0 unspecified atom stereocenters. The van der Waals surface area contributed by atoms with Crippen LogP contribution in [0, 0.1) is 0 Å². The SMILES string of the molecule is CCCCCCCCCCCCCCCCOc1ccc(C(=O)CC(=O)O)o1. The van der Waals surface area contributed by atoms with Crippen LogP contribution < -0.4 is 4.74 Å². The van der Waals surface area contributed by atoms with E-state index in [4.69, 9.17) is 14.3 Å². The number of ether oxygens (including phenoxy) is 1. The van der Waals surface area contributed by atoms with Crippen LogP contribution in [0.1, 0.15) is 114 Å². The zero-order valence-electron chi connectivity index (χ0n) is 17.5. The van der Waals surface area contributed by atoms with Gasteiger partial charge in [0, 0.05) is 6.07 Å². The van der Waals surface area contributed by atoms with Crippen molar-refractivity contribution in [1.29, 1.82) is 0 Å². The van der Waals surface area contributed by atoms with E-state index in [2.05, 4.69) is 6.92 Å². The van der Waals surface area contributed by atoms with Gasteiger partial charge in [-0.1, -0.05) is 90.4 Å².